The smallest absolute Gasteiger partial charge is 0.305 e. The molecule has 0 saturated carbocycles. The Labute approximate surface area is 239 Å². The average molecular weight is 596 g/mol. The highest BCUT2D eigenvalue weighted by atomic mass is 32.2. The van der Waals surface area contributed by atoms with Crippen molar-refractivity contribution >= 4 is 59.6 Å². The SMILES string of the molecule is Cc1nc(C)c(-c2cccc3c(NC(C)CN4CCN(S(=O)(=O)c5ccc6[nH]c(=O)sc6c5)CC4)ncnc23)s1. The number of H-pyrrole nitrogens is 1. The van der Waals surface area contributed by atoms with Gasteiger partial charge in [0.05, 0.1) is 36.2 Å². The Morgan fingerprint density at radius 3 is 2.62 bits per heavy atom. The minimum Gasteiger partial charge on any atom is -0.366 e. The number of thiazole rings is 2. The topological polar surface area (TPSA) is 124 Å². The van der Waals surface area contributed by atoms with Crippen LogP contribution in [-0.4, -0.2) is 76.3 Å². The third-order valence-electron chi connectivity index (χ3n) is 7.09. The lowest BCUT2D eigenvalue weighted by molar-refractivity contribution is 0.184. The fraction of sp³-hybridized carbons (Fsp3) is 0.333. The van der Waals surface area contributed by atoms with Gasteiger partial charge in [-0.3, -0.25) is 9.69 Å². The van der Waals surface area contributed by atoms with Gasteiger partial charge in [-0.25, -0.2) is 23.4 Å². The summed E-state index contributed by atoms with van der Waals surface area (Å²) in [5.41, 5.74) is 3.60. The first-order valence-corrected chi connectivity index (χ1v) is 16.1. The molecule has 10 nitrogen and oxygen atoms in total. The maximum Gasteiger partial charge on any atom is 0.305 e. The maximum absolute atomic E-state index is 13.3. The van der Waals surface area contributed by atoms with Crippen LogP contribution in [-0.2, 0) is 10.0 Å². The molecule has 3 aromatic heterocycles. The molecule has 208 valence electrons. The first-order valence-electron chi connectivity index (χ1n) is 13.0. The Bertz CT molecular complexity index is 1870. The van der Waals surface area contributed by atoms with Crippen LogP contribution < -0.4 is 10.2 Å². The van der Waals surface area contributed by atoms with Crippen LogP contribution in [0.15, 0.2) is 52.4 Å². The summed E-state index contributed by atoms with van der Waals surface area (Å²) in [5, 5.41) is 5.54. The summed E-state index contributed by atoms with van der Waals surface area (Å²) in [6.07, 6.45) is 1.59. The van der Waals surface area contributed by atoms with Gasteiger partial charge in [-0.1, -0.05) is 23.5 Å². The van der Waals surface area contributed by atoms with E-state index in [1.807, 2.05) is 26.0 Å². The molecule has 1 aliphatic rings. The molecule has 1 unspecified atom stereocenters. The number of aromatic nitrogens is 4. The number of hydrogen-bond acceptors (Lipinski definition) is 10. The average Bonchev–Trinajstić information content (AvgIpc) is 3.47. The zero-order valence-corrected chi connectivity index (χ0v) is 24.8. The van der Waals surface area contributed by atoms with E-state index >= 15 is 0 Å². The van der Waals surface area contributed by atoms with Crippen molar-refractivity contribution < 1.29 is 8.42 Å². The number of rotatable bonds is 7. The highest BCUT2D eigenvalue weighted by molar-refractivity contribution is 7.89. The molecule has 4 heterocycles. The van der Waals surface area contributed by atoms with Crippen molar-refractivity contribution in [3.8, 4) is 10.4 Å². The summed E-state index contributed by atoms with van der Waals surface area (Å²) in [4.78, 5) is 31.5. The molecule has 1 aliphatic heterocycles. The number of hydrogen-bond donors (Lipinski definition) is 2. The van der Waals surface area contributed by atoms with Crippen LogP contribution in [0.3, 0.4) is 0 Å². The second kappa shape index (κ2) is 10.6. The molecule has 2 aromatic carbocycles. The Balaban J connectivity index is 1.12. The van der Waals surface area contributed by atoms with Crippen molar-refractivity contribution in [2.75, 3.05) is 38.0 Å². The van der Waals surface area contributed by atoms with Crippen LogP contribution >= 0.6 is 22.7 Å². The van der Waals surface area contributed by atoms with Gasteiger partial charge in [0.25, 0.3) is 0 Å². The number of fused-ring (bicyclic) bond motifs is 2. The van der Waals surface area contributed by atoms with E-state index < -0.39 is 10.0 Å². The number of nitrogens with one attached hydrogen (secondary N) is 2. The first kappa shape index (κ1) is 27.0. The van der Waals surface area contributed by atoms with Crippen LogP contribution in [0.25, 0.3) is 31.6 Å². The number of aromatic amines is 1. The van der Waals surface area contributed by atoms with Crippen LogP contribution in [0.5, 0.6) is 0 Å². The summed E-state index contributed by atoms with van der Waals surface area (Å²) in [7, 11) is -3.64. The summed E-state index contributed by atoms with van der Waals surface area (Å²) in [6.45, 7) is 8.96. The first-order chi connectivity index (χ1) is 19.2. The molecule has 13 heteroatoms. The third kappa shape index (κ3) is 5.15. The van der Waals surface area contributed by atoms with Crippen molar-refractivity contribution in [2.24, 2.45) is 0 Å². The predicted molar refractivity (Wildman–Crippen MR) is 161 cm³/mol. The summed E-state index contributed by atoms with van der Waals surface area (Å²) < 4.78 is 28.7. The normalized spacial score (nSPS) is 16.1. The van der Waals surface area contributed by atoms with E-state index in [1.54, 1.807) is 35.9 Å². The Morgan fingerprint density at radius 2 is 1.88 bits per heavy atom. The second-order valence-corrected chi connectivity index (χ2v) is 14.1. The Morgan fingerprint density at radius 1 is 1.07 bits per heavy atom. The summed E-state index contributed by atoms with van der Waals surface area (Å²) in [6, 6.07) is 11.0. The van der Waals surface area contributed by atoms with Gasteiger partial charge >= 0.3 is 4.87 Å². The molecule has 6 rings (SSSR count). The monoisotopic (exact) mass is 595 g/mol. The van der Waals surface area contributed by atoms with Gasteiger partial charge < -0.3 is 10.3 Å². The van der Waals surface area contributed by atoms with Crippen LogP contribution in [0, 0.1) is 13.8 Å². The van der Waals surface area contributed by atoms with Crippen molar-refractivity contribution in [1.29, 1.82) is 0 Å². The molecule has 0 aliphatic carbocycles. The van der Waals surface area contributed by atoms with Gasteiger partial charge in [0, 0.05) is 49.7 Å². The number of piperazine rings is 1. The minimum atomic E-state index is -3.64. The van der Waals surface area contributed by atoms with Gasteiger partial charge in [0.15, 0.2) is 0 Å². The summed E-state index contributed by atoms with van der Waals surface area (Å²) >= 11 is 2.69. The quantitative estimate of drug-likeness (QED) is 0.289. The lowest BCUT2D eigenvalue weighted by atomic mass is 10.1. The van der Waals surface area contributed by atoms with Crippen molar-refractivity contribution in [1.82, 2.24) is 29.1 Å². The van der Waals surface area contributed by atoms with E-state index in [2.05, 4.69) is 43.1 Å². The van der Waals surface area contributed by atoms with E-state index in [1.165, 1.54) is 4.31 Å². The zero-order valence-electron chi connectivity index (χ0n) is 22.3. The van der Waals surface area contributed by atoms with Crippen molar-refractivity contribution in [3.63, 3.8) is 0 Å². The number of benzene rings is 2. The Kier molecular flexibility index (Phi) is 7.17. The number of nitrogens with zero attached hydrogens (tertiary/aromatic N) is 5. The molecule has 1 atom stereocenters. The highest BCUT2D eigenvalue weighted by Gasteiger charge is 2.29. The largest absolute Gasteiger partial charge is 0.366 e. The highest BCUT2D eigenvalue weighted by Crippen LogP contribution is 2.35. The lowest BCUT2D eigenvalue weighted by Crippen LogP contribution is -2.50. The number of sulfonamides is 1. The van der Waals surface area contributed by atoms with E-state index in [4.69, 9.17) is 0 Å². The van der Waals surface area contributed by atoms with Crippen molar-refractivity contribution in [3.05, 3.63) is 63.1 Å². The lowest BCUT2D eigenvalue weighted by Gasteiger charge is -2.35. The van der Waals surface area contributed by atoms with Crippen LogP contribution in [0.2, 0.25) is 0 Å². The standard InChI is InChI=1S/C27H29N7O3S3/c1-16(30-26-21-6-4-5-20(24(21)28-15-29-26)25-17(2)31-18(3)38-25)14-33-9-11-34(12-10-33)40(36,37)19-7-8-22-23(13-19)39-27(35)32-22/h4-8,13,15-16H,9-12,14H2,1-3H3,(H,32,35)(H,28,29,30). The van der Waals surface area contributed by atoms with Crippen LogP contribution in [0.1, 0.15) is 17.6 Å². The molecular weight excluding hydrogens is 567 g/mol. The summed E-state index contributed by atoms with van der Waals surface area (Å²) in [5.74, 6) is 0.780. The molecule has 0 amide bonds. The number of para-hydroxylation sites is 1. The molecule has 0 bridgehead atoms. The van der Waals surface area contributed by atoms with Crippen molar-refractivity contribution in [2.45, 2.75) is 31.7 Å². The van der Waals surface area contributed by atoms with Gasteiger partial charge in [0.2, 0.25) is 10.0 Å². The van der Waals surface area contributed by atoms with E-state index in [0.29, 0.717) is 36.4 Å². The Hall–Kier alpha value is -3.23. The molecule has 2 N–H and O–H groups in total. The molecule has 40 heavy (non-hydrogen) atoms. The van der Waals surface area contributed by atoms with E-state index in [0.717, 1.165) is 55.7 Å². The molecule has 1 saturated heterocycles. The molecule has 5 aromatic rings. The molecule has 0 spiro atoms. The third-order valence-corrected chi connectivity index (χ3v) is 10.9. The van der Waals surface area contributed by atoms with E-state index in [9.17, 15) is 13.2 Å². The van der Waals surface area contributed by atoms with Crippen LogP contribution in [0.4, 0.5) is 5.82 Å². The van der Waals surface area contributed by atoms with Gasteiger partial charge in [-0.05, 0) is 45.0 Å². The number of aryl methyl sites for hydroxylation is 2. The zero-order chi connectivity index (χ0) is 28.0. The number of anilines is 1. The molecular formula is C27H29N7O3S3. The van der Waals surface area contributed by atoms with Gasteiger partial charge in [-0.2, -0.15) is 4.31 Å². The minimum absolute atomic E-state index is 0.0797. The van der Waals surface area contributed by atoms with Gasteiger partial charge in [-0.15, -0.1) is 11.3 Å². The molecule has 0 radical (unpaired) electrons. The maximum atomic E-state index is 13.3. The fourth-order valence-electron chi connectivity index (χ4n) is 5.22. The predicted octanol–water partition coefficient (Wildman–Crippen LogP) is 4.08. The second-order valence-electron chi connectivity index (χ2n) is 9.99. The van der Waals surface area contributed by atoms with Gasteiger partial charge in [0.1, 0.15) is 12.1 Å². The van der Waals surface area contributed by atoms with E-state index in [-0.39, 0.29) is 15.8 Å². The molecule has 1 fully saturated rings. The fourth-order valence-corrected chi connectivity index (χ4v) is 8.47.